The predicted molar refractivity (Wildman–Crippen MR) is 124 cm³/mol. The van der Waals surface area contributed by atoms with Gasteiger partial charge in [0.05, 0.1) is 13.2 Å². The maximum atomic E-state index is 5.45. The first kappa shape index (κ1) is 23.2. The highest BCUT2D eigenvalue weighted by molar-refractivity contribution is 14.0. The molecule has 0 saturated heterocycles. The van der Waals surface area contributed by atoms with Crippen LogP contribution in [0, 0.1) is 0 Å². The Hall–Kier alpha value is -1.80. The van der Waals surface area contributed by atoms with Crippen LogP contribution in [0.4, 0.5) is 0 Å². The van der Waals surface area contributed by atoms with Crippen molar-refractivity contribution in [1.29, 1.82) is 0 Å². The Labute approximate surface area is 180 Å². The summed E-state index contributed by atoms with van der Waals surface area (Å²) in [4.78, 5) is 8.76. The zero-order valence-electron chi connectivity index (χ0n) is 16.8. The van der Waals surface area contributed by atoms with Gasteiger partial charge in [-0.2, -0.15) is 0 Å². The molecule has 0 amide bonds. The van der Waals surface area contributed by atoms with Crippen molar-refractivity contribution in [2.75, 3.05) is 41.8 Å². The second kappa shape index (κ2) is 11.8. The predicted octanol–water partition coefficient (Wildman–Crippen LogP) is 3.62. The highest BCUT2D eigenvalue weighted by Crippen LogP contribution is 2.19. The summed E-state index contributed by atoms with van der Waals surface area (Å²) in [5.41, 5.74) is 2.42. The molecule has 6 heteroatoms. The van der Waals surface area contributed by atoms with Gasteiger partial charge in [0.15, 0.2) is 5.96 Å². The van der Waals surface area contributed by atoms with Gasteiger partial charge < -0.3 is 19.9 Å². The molecule has 5 nitrogen and oxygen atoms in total. The number of halogens is 1. The molecule has 0 saturated carbocycles. The lowest BCUT2D eigenvalue weighted by atomic mass is 10.1. The van der Waals surface area contributed by atoms with Crippen LogP contribution in [0.1, 0.15) is 17.2 Å². The molecular weight excluding hydrogens is 451 g/mol. The number of methoxy groups -OCH3 is 1. The average Bonchev–Trinajstić information content (AvgIpc) is 2.66. The minimum atomic E-state index is 0. The van der Waals surface area contributed by atoms with E-state index < -0.39 is 0 Å². The molecular formula is C21H31IN4O. The molecule has 0 bridgehead atoms. The van der Waals surface area contributed by atoms with Gasteiger partial charge in [0, 0.05) is 32.7 Å². The third-order valence-electron chi connectivity index (χ3n) is 4.43. The molecule has 0 fully saturated rings. The van der Waals surface area contributed by atoms with Crippen molar-refractivity contribution in [3.8, 4) is 5.75 Å². The normalized spacial score (nSPS) is 12.3. The first-order valence-electron chi connectivity index (χ1n) is 8.81. The summed E-state index contributed by atoms with van der Waals surface area (Å²) >= 11 is 0. The summed E-state index contributed by atoms with van der Waals surface area (Å²) in [6, 6.07) is 18.9. The number of hydrogen-bond acceptors (Lipinski definition) is 3. The Morgan fingerprint density at radius 1 is 1.04 bits per heavy atom. The largest absolute Gasteiger partial charge is 0.496 e. The molecule has 2 aromatic rings. The molecule has 27 heavy (non-hydrogen) atoms. The number of aliphatic imine (C=N–C) groups is 1. The zero-order chi connectivity index (χ0) is 18.9. The Balaban J connectivity index is 0.00000364. The first-order chi connectivity index (χ1) is 12.6. The second-order valence-corrected chi connectivity index (χ2v) is 6.49. The van der Waals surface area contributed by atoms with Gasteiger partial charge in [-0.1, -0.05) is 48.5 Å². The highest BCUT2D eigenvalue weighted by atomic mass is 127. The Kier molecular flexibility index (Phi) is 10.2. The Morgan fingerprint density at radius 2 is 1.67 bits per heavy atom. The fraction of sp³-hybridized carbons (Fsp3) is 0.381. The van der Waals surface area contributed by atoms with Crippen LogP contribution < -0.4 is 10.1 Å². The molecule has 148 valence electrons. The van der Waals surface area contributed by atoms with Crippen LogP contribution in [0.15, 0.2) is 59.6 Å². The van der Waals surface area contributed by atoms with Gasteiger partial charge in [-0.05, 0) is 25.7 Å². The summed E-state index contributed by atoms with van der Waals surface area (Å²) in [7, 11) is 9.75. The topological polar surface area (TPSA) is 40.1 Å². The van der Waals surface area contributed by atoms with E-state index in [0.29, 0.717) is 0 Å². The molecule has 1 atom stereocenters. The van der Waals surface area contributed by atoms with Gasteiger partial charge in [-0.3, -0.25) is 4.99 Å². The maximum Gasteiger partial charge on any atom is 0.193 e. The molecule has 0 heterocycles. The number of benzene rings is 2. The van der Waals surface area contributed by atoms with E-state index in [1.54, 1.807) is 7.11 Å². The number of hydrogen-bond donors (Lipinski definition) is 1. The number of para-hydroxylation sites is 1. The van der Waals surface area contributed by atoms with Crippen LogP contribution in [0.3, 0.4) is 0 Å². The average molecular weight is 482 g/mol. The van der Waals surface area contributed by atoms with E-state index in [1.165, 1.54) is 5.56 Å². The fourth-order valence-electron chi connectivity index (χ4n) is 3.01. The number of ether oxygens (including phenoxy) is 1. The molecule has 2 aromatic carbocycles. The van der Waals surface area contributed by atoms with Crippen molar-refractivity contribution in [3.05, 3.63) is 65.7 Å². The summed E-state index contributed by atoms with van der Waals surface area (Å²) in [5, 5.41) is 3.50. The lowest BCUT2D eigenvalue weighted by Gasteiger charge is -2.28. The molecule has 1 N–H and O–H groups in total. The SMILES string of the molecule is CN=C(NCC(c1ccccc1)N(C)C)N(C)Cc1ccccc1OC.I. The van der Waals surface area contributed by atoms with Crippen LogP contribution in [-0.2, 0) is 6.54 Å². The van der Waals surface area contributed by atoms with E-state index in [9.17, 15) is 0 Å². The number of guanidine groups is 1. The van der Waals surface area contributed by atoms with Crippen LogP contribution in [-0.4, -0.2) is 57.6 Å². The van der Waals surface area contributed by atoms with E-state index in [4.69, 9.17) is 4.74 Å². The molecule has 2 rings (SSSR count). The monoisotopic (exact) mass is 482 g/mol. The number of rotatable bonds is 7. The van der Waals surface area contributed by atoms with Crippen LogP contribution in [0.2, 0.25) is 0 Å². The fourth-order valence-corrected chi connectivity index (χ4v) is 3.01. The smallest absolute Gasteiger partial charge is 0.193 e. The van der Waals surface area contributed by atoms with Crippen molar-refractivity contribution in [2.24, 2.45) is 4.99 Å². The number of likely N-dealkylation sites (N-methyl/N-ethyl adjacent to an activating group) is 1. The van der Waals surface area contributed by atoms with Crippen molar-refractivity contribution in [3.63, 3.8) is 0 Å². The van der Waals surface area contributed by atoms with Crippen molar-refractivity contribution >= 4 is 29.9 Å². The van der Waals surface area contributed by atoms with Crippen molar-refractivity contribution in [2.45, 2.75) is 12.6 Å². The van der Waals surface area contributed by atoms with Gasteiger partial charge in [0.2, 0.25) is 0 Å². The van der Waals surface area contributed by atoms with Gasteiger partial charge in [-0.25, -0.2) is 0 Å². The zero-order valence-corrected chi connectivity index (χ0v) is 19.2. The molecule has 0 aliphatic carbocycles. The second-order valence-electron chi connectivity index (χ2n) is 6.49. The quantitative estimate of drug-likeness (QED) is 0.372. The molecule has 1 unspecified atom stereocenters. The standard InChI is InChI=1S/C21H30N4O.HI/c1-22-21(25(4)16-18-13-9-10-14-20(18)26-5)23-15-19(24(2)3)17-11-7-6-8-12-17;/h6-14,19H,15-16H2,1-5H3,(H,22,23);1H. The lowest BCUT2D eigenvalue weighted by molar-refractivity contribution is 0.295. The van der Waals surface area contributed by atoms with Crippen LogP contribution in [0.5, 0.6) is 5.75 Å². The lowest BCUT2D eigenvalue weighted by Crippen LogP contribution is -2.42. The third-order valence-corrected chi connectivity index (χ3v) is 4.43. The van der Waals surface area contributed by atoms with Crippen molar-refractivity contribution < 1.29 is 4.74 Å². The number of nitrogens with one attached hydrogen (secondary N) is 1. The Morgan fingerprint density at radius 3 is 2.26 bits per heavy atom. The van der Waals surface area contributed by atoms with E-state index in [-0.39, 0.29) is 30.0 Å². The Bertz CT molecular complexity index is 706. The summed E-state index contributed by atoms with van der Waals surface area (Å²) in [6.45, 7) is 1.50. The first-order valence-corrected chi connectivity index (χ1v) is 8.81. The third kappa shape index (κ3) is 6.70. The van der Waals surface area contributed by atoms with Gasteiger partial charge in [0.1, 0.15) is 5.75 Å². The van der Waals surface area contributed by atoms with Gasteiger partial charge in [-0.15, -0.1) is 24.0 Å². The highest BCUT2D eigenvalue weighted by Gasteiger charge is 2.16. The van der Waals surface area contributed by atoms with E-state index in [2.05, 4.69) is 64.5 Å². The minimum Gasteiger partial charge on any atom is -0.496 e. The molecule has 0 aliphatic rings. The molecule has 0 radical (unpaired) electrons. The number of nitrogens with zero attached hydrogens (tertiary/aromatic N) is 3. The summed E-state index contributed by atoms with van der Waals surface area (Å²) in [6.07, 6.45) is 0. The van der Waals surface area contributed by atoms with Crippen molar-refractivity contribution in [1.82, 2.24) is 15.1 Å². The summed E-state index contributed by atoms with van der Waals surface area (Å²) < 4.78 is 5.45. The van der Waals surface area contributed by atoms with Crippen LogP contribution >= 0.6 is 24.0 Å². The van der Waals surface area contributed by atoms with Crippen LogP contribution in [0.25, 0.3) is 0 Å². The van der Waals surface area contributed by atoms with E-state index in [0.717, 1.165) is 30.4 Å². The van der Waals surface area contributed by atoms with E-state index in [1.807, 2.05) is 38.4 Å². The minimum absolute atomic E-state index is 0. The van der Waals surface area contributed by atoms with Gasteiger partial charge >= 0.3 is 0 Å². The molecule has 0 aromatic heterocycles. The summed E-state index contributed by atoms with van der Waals surface area (Å²) in [5.74, 6) is 1.75. The molecule has 0 aliphatic heterocycles. The molecule has 0 spiro atoms. The van der Waals surface area contributed by atoms with E-state index >= 15 is 0 Å². The van der Waals surface area contributed by atoms with Gasteiger partial charge in [0.25, 0.3) is 0 Å². The maximum absolute atomic E-state index is 5.45.